The van der Waals surface area contributed by atoms with Crippen LogP contribution in [0.15, 0.2) is 12.7 Å². The number of allylic oxidation sites excluding steroid dienone is 1. The van der Waals surface area contributed by atoms with E-state index >= 15 is 0 Å². The lowest BCUT2D eigenvalue weighted by atomic mass is 9.91. The summed E-state index contributed by atoms with van der Waals surface area (Å²) in [5.74, 6) is 2.77. The number of amides is 1. The molecule has 0 aromatic heterocycles. The van der Waals surface area contributed by atoms with Gasteiger partial charge >= 0.3 is 0 Å². The third-order valence-electron chi connectivity index (χ3n) is 3.92. The van der Waals surface area contributed by atoms with Gasteiger partial charge in [-0.3, -0.25) is 9.59 Å². The number of carbonyl (C=O) groups excluding carboxylic acids is 2. The average molecular weight is 344 g/mol. The van der Waals surface area contributed by atoms with Crippen LogP contribution >= 0.6 is 24.4 Å². The molecule has 1 aliphatic heterocycles. The first-order valence-corrected chi connectivity index (χ1v) is 9.75. The van der Waals surface area contributed by atoms with E-state index in [1.807, 2.05) is 31.7 Å². The Morgan fingerprint density at radius 3 is 2.64 bits per heavy atom. The Morgan fingerprint density at radius 1 is 1.41 bits per heavy atom. The van der Waals surface area contributed by atoms with Gasteiger partial charge in [0.1, 0.15) is 0 Å². The SMILES string of the molecule is C=CCC1CCN(C(=O)C(C)(C)C)C1C(=O)CSCCCS. The summed E-state index contributed by atoms with van der Waals surface area (Å²) in [6.45, 7) is 10.2. The van der Waals surface area contributed by atoms with Gasteiger partial charge in [-0.2, -0.15) is 24.4 Å². The smallest absolute Gasteiger partial charge is 0.228 e. The van der Waals surface area contributed by atoms with Crippen LogP contribution in [-0.4, -0.2) is 46.4 Å². The second-order valence-electron chi connectivity index (χ2n) is 6.86. The lowest BCUT2D eigenvalue weighted by Gasteiger charge is -2.32. The minimum Gasteiger partial charge on any atom is -0.332 e. The van der Waals surface area contributed by atoms with Crippen LogP contribution < -0.4 is 0 Å². The number of rotatable bonds is 8. The Hall–Kier alpha value is -0.420. The van der Waals surface area contributed by atoms with Gasteiger partial charge in [-0.25, -0.2) is 0 Å². The zero-order valence-electron chi connectivity index (χ0n) is 14.0. The van der Waals surface area contributed by atoms with E-state index in [2.05, 4.69) is 19.2 Å². The van der Waals surface area contributed by atoms with Crippen molar-refractivity contribution in [2.75, 3.05) is 23.8 Å². The van der Waals surface area contributed by atoms with Crippen molar-refractivity contribution < 1.29 is 9.59 Å². The normalized spacial score (nSPS) is 21.9. The zero-order chi connectivity index (χ0) is 16.8. The van der Waals surface area contributed by atoms with Gasteiger partial charge in [0.05, 0.1) is 11.8 Å². The van der Waals surface area contributed by atoms with E-state index in [9.17, 15) is 9.59 Å². The molecule has 2 unspecified atom stereocenters. The first kappa shape index (κ1) is 19.6. The third-order valence-corrected chi connectivity index (χ3v) is 5.30. The third kappa shape index (κ3) is 5.34. The fraction of sp³-hybridized carbons (Fsp3) is 0.765. The molecule has 2 atom stereocenters. The van der Waals surface area contributed by atoms with Crippen molar-refractivity contribution in [1.29, 1.82) is 0 Å². The highest BCUT2D eigenvalue weighted by atomic mass is 32.2. The molecular formula is C17H29NO2S2. The van der Waals surface area contributed by atoms with Crippen molar-refractivity contribution in [2.24, 2.45) is 11.3 Å². The lowest BCUT2D eigenvalue weighted by Crippen LogP contribution is -2.48. The number of thiol groups is 1. The highest BCUT2D eigenvalue weighted by Gasteiger charge is 2.43. The topological polar surface area (TPSA) is 37.4 Å². The van der Waals surface area contributed by atoms with Crippen LogP contribution in [0.5, 0.6) is 0 Å². The summed E-state index contributed by atoms with van der Waals surface area (Å²) in [5.41, 5.74) is -0.444. The molecule has 1 heterocycles. The second-order valence-corrected chi connectivity index (χ2v) is 8.41. The van der Waals surface area contributed by atoms with Gasteiger partial charge in [0.15, 0.2) is 5.78 Å². The van der Waals surface area contributed by atoms with Gasteiger partial charge in [0, 0.05) is 12.0 Å². The fourth-order valence-electron chi connectivity index (χ4n) is 2.84. The Labute approximate surface area is 144 Å². The van der Waals surface area contributed by atoms with E-state index in [0.29, 0.717) is 12.3 Å². The van der Waals surface area contributed by atoms with Gasteiger partial charge in [0.2, 0.25) is 5.91 Å². The molecule has 22 heavy (non-hydrogen) atoms. The molecule has 126 valence electrons. The van der Waals surface area contributed by atoms with E-state index < -0.39 is 5.41 Å². The quantitative estimate of drug-likeness (QED) is 0.417. The molecule has 0 aliphatic carbocycles. The molecule has 1 amide bonds. The van der Waals surface area contributed by atoms with Crippen molar-refractivity contribution in [1.82, 2.24) is 4.90 Å². The standard InChI is InChI=1S/C17H29NO2S2/c1-5-7-13-8-9-18(16(20)17(2,3)4)15(13)14(19)12-22-11-6-10-21/h5,13,15,21H,1,6-12H2,2-4H3. The summed E-state index contributed by atoms with van der Waals surface area (Å²) in [7, 11) is 0. The van der Waals surface area contributed by atoms with Gasteiger partial charge in [-0.15, -0.1) is 6.58 Å². The minimum absolute atomic E-state index is 0.0813. The molecule has 0 aromatic carbocycles. The number of nitrogens with zero attached hydrogens (tertiary/aromatic N) is 1. The van der Waals surface area contributed by atoms with Crippen molar-refractivity contribution >= 4 is 36.1 Å². The van der Waals surface area contributed by atoms with Crippen molar-refractivity contribution in [3.63, 3.8) is 0 Å². The highest BCUT2D eigenvalue weighted by Crippen LogP contribution is 2.32. The van der Waals surface area contributed by atoms with Gasteiger partial charge < -0.3 is 4.90 Å². The van der Waals surface area contributed by atoms with E-state index in [4.69, 9.17) is 0 Å². The molecule has 1 rings (SSSR count). The van der Waals surface area contributed by atoms with Crippen LogP contribution in [0.3, 0.4) is 0 Å². The van der Waals surface area contributed by atoms with E-state index in [1.165, 1.54) is 0 Å². The molecule has 0 spiro atoms. The fourth-order valence-corrected chi connectivity index (χ4v) is 4.07. The summed E-state index contributed by atoms with van der Waals surface area (Å²) in [6, 6.07) is -0.270. The number of hydrogen-bond donors (Lipinski definition) is 1. The predicted molar refractivity (Wildman–Crippen MR) is 98.7 cm³/mol. The summed E-state index contributed by atoms with van der Waals surface area (Å²) in [4.78, 5) is 27.1. The molecular weight excluding hydrogens is 314 g/mol. The maximum atomic E-state index is 12.7. The Bertz CT molecular complexity index is 404. The van der Waals surface area contributed by atoms with E-state index in [1.54, 1.807) is 11.8 Å². The van der Waals surface area contributed by atoms with Crippen LogP contribution in [0.25, 0.3) is 0 Å². The van der Waals surface area contributed by atoms with Crippen LogP contribution in [0, 0.1) is 11.3 Å². The first-order chi connectivity index (χ1) is 10.3. The van der Waals surface area contributed by atoms with Crippen LogP contribution in [0.2, 0.25) is 0 Å². The van der Waals surface area contributed by atoms with Crippen molar-refractivity contribution in [2.45, 2.75) is 46.1 Å². The van der Waals surface area contributed by atoms with Crippen LogP contribution in [0.4, 0.5) is 0 Å². The number of hydrogen-bond acceptors (Lipinski definition) is 4. The molecule has 0 bridgehead atoms. The highest BCUT2D eigenvalue weighted by molar-refractivity contribution is 7.99. The predicted octanol–water partition coefficient (Wildman–Crippen LogP) is 3.45. The molecule has 0 saturated carbocycles. The second kappa shape index (κ2) is 9.02. The first-order valence-electron chi connectivity index (χ1n) is 7.96. The summed E-state index contributed by atoms with van der Waals surface area (Å²) in [6.07, 6.45) is 4.56. The van der Waals surface area contributed by atoms with Gasteiger partial charge in [-0.05, 0) is 36.7 Å². The summed E-state index contributed by atoms with van der Waals surface area (Å²) < 4.78 is 0. The maximum absolute atomic E-state index is 12.7. The average Bonchev–Trinajstić information content (AvgIpc) is 2.85. The molecule has 3 nitrogen and oxygen atoms in total. The van der Waals surface area contributed by atoms with Crippen molar-refractivity contribution in [3.8, 4) is 0 Å². The molecule has 0 N–H and O–H groups in total. The van der Waals surface area contributed by atoms with Gasteiger partial charge in [-0.1, -0.05) is 26.8 Å². The number of likely N-dealkylation sites (tertiary alicyclic amines) is 1. The molecule has 0 aromatic rings. The van der Waals surface area contributed by atoms with Crippen LogP contribution in [0.1, 0.15) is 40.0 Å². The van der Waals surface area contributed by atoms with E-state index in [0.717, 1.165) is 30.8 Å². The van der Waals surface area contributed by atoms with Crippen molar-refractivity contribution in [3.05, 3.63) is 12.7 Å². The number of carbonyl (C=O) groups is 2. The molecule has 0 radical (unpaired) electrons. The molecule has 1 aliphatic rings. The van der Waals surface area contributed by atoms with Gasteiger partial charge in [0.25, 0.3) is 0 Å². The number of Topliss-reactive ketones (excluding diaryl/α,β-unsaturated/α-hetero) is 1. The monoisotopic (exact) mass is 343 g/mol. The minimum atomic E-state index is -0.444. The van der Waals surface area contributed by atoms with E-state index in [-0.39, 0.29) is 23.7 Å². The van der Waals surface area contributed by atoms with Crippen LogP contribution in [-0.2, 0) is 9.59 Å². The Balaban J connectivity index is 2.78. The zero-order valence-corrected chi connectivity index (χ0v) is 15.7. The molecule has 5 heteroatoms. The Morgan fingerprint density at radius 2 is 2.09 bits per heavy atom. The largest absolute Gasteiger partial charge is 0.332 e. The molecule has 1 fully saturated rings. The Kier molecular flexibility index (Phi) is 8.04. The number of thioether (sulfide) groups is 1. The molecule has 1 saturated heterocycles. The maximum Gasteiger partial charge on any atom is 0.228 e. The lowest BCUT2D eigenvalue weighted by molar-refractivity contribution is -0.144. The summed E-state index contributed by atoms with van der Waals surface area (Å²) in [5, 5.41) is 0. The summed E-state index contributed by atoms with van der Waals surface area (Å²) >= 11 is 5.84. The number of ketones is 1.